The molecular weight excluding hydrogens is 348 g/mol. The Morgan fingerprint density at radius 3 is 2.57 bits per heavy atom. The van der Waals surface area contributed by atoms with E-state index < -0.39 is 16.4 Å². The van der Waals surface area contributed by atoms with Crippen molar-refractivity contribution in [3.05, 3.63) is 69.3 Å². The third kappa shape index (κ3) is 3.75. The Bertz CT molecular complexity index is 679. The number of ether oxygens (including phenoxy) is 1. The smallest absolute Gasteiger partial charge is 0.304 e. The van der Waals surface area contributed by atoms with Crippen LogP contribution in [0, 0.1) is 21.7 Å². The van der Waals surface area contributed by atoms with Crippen molar-refractivity contribution in [1.29, 1.82) is 0 Å². The van der Waals surface area contributed by atoms with Gasteiger partial charge in [-0.2, -0.15) is 4.39 Å². The van der Waals surface area contributed by atoms with Crippen molar-refractivity contribution in [2.45, 2.75) is 11.9 Å². The molecule has 0 bridgehead atoms. The van der Waals surface area contributed by atoms with Crippen molar-refractivity contribution in [3.8, 4) is 5.75 Å². The molecule has 0 amide bonds. The fraction of sp³-hybridized carbons (Fsp3) is 0.143. The average molecular weight is 358 g/mol. The molecule has 21 heavy (non-hydrogen) atoms. The molecule has 0 saturated heterocycles. The second kappa shape index (κ2) is 6.62. The number of hydrogen-bond donors (Lipinski definition) is 0. The standard InChI is InChI=1S/C14H10BrF2NO3/c15-7-10-6-11(16)2-4-14(10)21-8-9-1-3-13(18(19)20)12(17)5-9/h1-6H,7-8H2. The Kier molecular flexibility index (Phi) is 4.85. The van der Waals surface area contributed by atoms with Gasteiger partial charge in [-0.1, -0.05) is 15.9 Å². The number of nitro groups is 1. The molecule has 0 fully saturated rings. The second-order valence-electron chi connectivity index (χ2n) is 4.22. The molecule has 0 N–H and O–H groups in total. The van der Waals surface area contributed by atoms with Gasteiger partial charge in [0.05, 0.1) is 4.92 Å². The van der Waals surface area contributed by atoms with Crippen molar-refractivity contribution in [2.24, 2.45) is 0 Å². The number of rotatable bonds is 5. The van der Waals surface area contributed by atoms with Crippen LogP contribution in [-0.4, -0.2) is 4.92 Å². The van der Waals surface area contributed by atoms with Crippen LogP contribution in [0.3, 0.4) is 0 Å². The van der Waals surface area contributed by atoms with E-state index in [0.717, 1.165) is 12.1 Å². The lowest BCUT2D eigenvalue weighted by molar-refractivity contribution is -0.387. The number of nitro benzene ring substituents is 1. The maximum atomic E-state index is 13.5. The fourth-order valence-electron chi connectivity index (χ4n) is 1.74. The first kappa shape index (κ1) is 15.4. The van der Waals surface area contributed by atoms with Crippen LogP contribution in [0.4, 0.5) is 14.5 Å². The van der Waals surface area contributed by atoms with Gasteiger partial charge < -0.3 is 4.74 Å². The summed E-state index contributed by atoms with van der Waals surface area (Å²) in [6.07, 6.45) is 0. The zero-order valence-corrected chi connectivity index (χ0v) is 12.3. The van der Waals surface area contributed by atoms with Gasteiger partial charge in [-0.3, -0.25) is 10.1 Å². The Hall–Kier alpha value is -2.02. The highest BCUT2D eigenvalue weighted by atomic mass is 79.9. The van der Waals surface area contributed by atoms with E-state index in [1.807, 2.05) is 0 Å². The molecule has 0 saturated carbocycles. The van der Waals surface area contributed by atoms with Crippen molar-refractivity contribution in [3.63, 3.8) is 0 Å². The Labute approximate surface area is 127 Å². The van der Waals surface area contributed by atoms with Gasteiger partial charge in [0.25, 0.3) is 0 Å². The van der Waals surface area contributed by atoms with E-state index in [4.69, 9.17) is 4.74 Å². The molecule has 4 nitrogen and oxygen atoms in total. The zero-order valence-electron chi connectivity index (χ0n) is 10.7. The summed E-state index contributed by atoms with van der Waals surface area (Å²) in [6.45, 7) is 0.0283. The number of benzene rings is 2. The predicted molar refractivity (Wildman–Crippen MR) is 76.4 cm³/mol. The monoisotopic (exact) mass is 357 g/mol. The molecule has 2 aromatic rings. The van der Waals surface area contributed by atoms with Gasteiger partial charge in [0.2, 0.25) is 5.82 Å². The van der Waals surface area contributed by atoms with Gasteiger partial charge in [0.1, 0.15) is 18.2 Å². The average Bonchev–Trinajstić information content (AvgIpc) is 2.45. The van der Waals surface area contributed by atoms with Crippen LogP contribution in [0.25, 0.3) is 0 Å². The molecule has 2 rings (SSSR count). The lowest BCUT2D eigenvalue weighted by Crippen LogP contribution is -2.00. The van der Waals surface area contributed by atoms with Crippen LogP contribution in [0.5, 0.6) is 5.75 Å². The lowest BCUT2D eigenvalue weighted by atomic mass is 10.2. The Balaban J connectivity index is 2.13. The Morgan fingerprint density at radius 1 is 1.19 bits per heavy atom. The highest BCUT2D eigenvalue weighted by Crippen LogP contribution is 2.24. The molecule has 0 radical (unpaired) electrons. The third-order valence-electron chi connectivity index (χ3n) is 2.77. The first-order valence-corrected chi connectivity index (χ1v) is 7.03. The van der Waals surface area contributed by atoms with Crippen LogP contribution >= 0.6 is 15.9 Å². The van der Waals surface area contributed by atoms with Crippen LogP contribution in [0.1, 0.15) is 11.1 Å². The maximum Gasteiger partial charge on any atom is 0.304 e. The SMILES string of the molecule is O=[N+]([O-])c1ccc(COc2ccc(F)cc2CBr)cc1F. The van der Waals surface area contributed by atoms with E-state index in [9.17, 15) is 18.9 Å². The van der Waals surface area contributed by atoms with Gasteiger partial charge >= 0.3 is 5.69 Å². The quantitative estimate of drug-likeness (QED) is 0.454. The molecule has 2 aromatic carbocycles. The van der Waals surface area contributed by atoms with Crippen molar-refractivity contribution in [1.82, 2.24) is 0 Å². The van der Waals surface area contributed by atoms with E-state index in [1.54, 1.807) is 0 Å². The fourth-order valence-corrected chi connectivity index (χ4v) is 2.18. The lowest BCUT2D eigenvalue weighted by Gasteiger charge is -2.10. The number of halogens is 3. The third-order valence-corrected chi connectivity index (χ3v) is 3.37. The van der Waals surface area contributed by atoms with Crippen LogP contribution in [-0.2, 0) is 11.9 Å². The number of hydrogen-bond acceptors (Lipinski definition) is 3. The topological polar surface area (TPSA) is 52.4 Å². The van der Waals surface area contributed by atoms with Crippen LogP contribution in [0.2, 0.25) is 0 Å². The van der Waals surface area contributed by atoms with Gasteiger partial charge in [-0.15, -0.1) is 0 Å². The van der Waals surface area contributed by atoms with E-state index >= 15 is 0 Å². The first-order chi connectivity index (χ1) is 10.0. The Morgan fingerprint density at radius 2 is 1.95 bits per heavy atom. The molecule has 0 aliphatic heterocycles. The van der Waals surface area contributed by atoms with Crippen molar-refractivity contribution < 1.29 is 18.4 Å². The van der Waals surface area contributed by atoms with Gasteiger partial charge in [0, 0.05) is 17.0 Å². The van der Waals surface area contributed by atoms with E-state index in [1.165, 1.54) is 24.3 Å². The van der Waals surface area contributed by atoms with E-state index in [0.29, 0.717) is 22.2 Å². The van der Waals surface area contributed by atoms with Crippen LogP contribution in [0.15, 0.2) is 36.4 Å². The second-order valence-corrected chi connectivity index (χ2v) is 4.78. The number of nitrogens with zero attached hydrogens (tertiary/aromatic N) is 1. The minimum absolute atomic E-state index is 0.0283. The van der Waals surface area contributed by atoms with Crippen molar-refractivity contribution >= 4 is 21.6 Å². The van der Waals surface area contributed by atoms with E-state index in [2.05, 4.69) is 15.9 Å². The molecule has 0 aromatic heterocycles. The minimum atomic E-state index is -0.916. The largest absolute Gasteiger partial charge is 0.489 e. The van der Waals surface area contributed by atoms with Gasteiger partial charge in [-0.05, 0) is 35.9 Å². The summed E-state index contributed by atoms with van der Waals surface area (Å²) >= 11 is 3.22. The predicted octanol–water partition coefficient (Wildman–Crippen LogP) is 4.35. The molecule has 0 atom stereocenters. The van der Waals surface area contributed by atoms with Gasteiger partial charge in [0.15, 0.2) is 0 Å². The summed E-state index contributed by atoms with van der Waals surface area (Å²) in [7, 11) is 0. The molecular formula is C14H10BrF2NO3. The molecule has 0 heterocycles. The normalized spacial score (nSPS) is 10.4. The summed E-state index contributed by atoms with van der Waals surface area (Å²) in [5.41, 5.74) is 0.488. The molecule has 7 heteroatoms. The summed E-state index contributed by atoms with van der Waals surface area (Å²) in [5.74, 6) is -0.828. The minimum Gasteiger partial charge on any atom is -0.489 e. The maximum absolute atomic E-state index is 13.5. The first-order valence-electron chi connectivity index (χ1n) is 5.91. The van der Waals surface area contributed by atoms with Crippen LogP contribution < -0.4 is 4.74 Å². The molecule has 0 unspecified atom stereocenters. The highest BCUT2D eigenvalue weighted by Gasteiger charge is 2.14. The molecule has 0 aliphatic rings. The molecule has 110 valence electrons. The highest BCUT2D eigenvalue weighted by molar-refractivity contribution is 9.08. The summed E-state index contributed by atoms with van der Waals surface area (Å²) in [4.78, 5) is 9.73. The summed E-state index contributed by atoms with van der Waals surface area (Å²) in [6, 6.07) is 7.63. The van der Waals surface area contributed by atoms with Gasteiger partial charge in [-0.25, -0.2) is 4.39 Å². The van der Waals surface area contributed by atoms with E-state index in [-0.39, 0.29) is 12.4 Å². The summed E-state index contributed by atoms with van der Waals surface area (Å²) < 4.78 is 32.0. The molecule has 0 aliphatic carbocycles. The summed E-state index contributed by atoms with van der Waals surface area (Å²) in [5, 5.41) is 10.9. The van der Waals surface area contributed by atoms with Crippen molar-refractivity contribution in [2.75, 3.05) is 0 Å². The number of alkyl halides is 1. The zero-order chi connectivity index (χ0) is 15.4. The molecule has 0 spiro atoms.